The molecule has 0 aliphatic heterocycles. The van der Waals surface area contributed by atoms with Gasteiger partial charge in [-0.15, -0.1) is 0 Å². The molecule has 39 heavy (non-hydrogen) atoms. The number of hydrogen-bond donors (Lipinski definition) is 1. The van der Waals surface area contributed by atoms with Crippen molar-refractivity contribution in [2.75, 3.05) is 6.61 Å². The third kappa shape index (κ3) is 9.01. The van der Waals surface area contributed by atoms with Crippen molar-refractivity contribution in [3.8, 4) is 5.75 Å². The predicted octanol–water partition coefficient (Wildman–Crippen LogP) is 7.22. The highest BCUT2D eigenvalue weighted by atomic mass is 35.5. The quantitative estimate of drug-likeness (QED) is 0.265. The van der Waals surface area contributed by atoms with Gasteiger partial charge < -0.3 is 15.0 Å². The molecule has 0 spiro atoms. The van der Waals surface area contributed by atoms with E-state index in [0.717, 1.165) is 12.0 Å². The molecule has 0 saturated heterocycles. The summed E-state index contributed by atoms with van der Waals surface area (Å²) in [7, 11) is 0. The van der Waals surface area contributed by atoms with Gasteiger partial charge in [-0.1, -0.05) is 99.4 Å². The number of ether oxygens (including phenoxy) is 1. The number of nitrogens with one attached hydrogen (secondary N) is 1. The lowest BCUT2D eigenvalue weighted by Gasteiger charge is -2.32. The molecule has 0 aliphatic carbocycles. The highest BCUT2D eigenvalue weighted by Crippen LogP contribution is 2.26. The van der Waals surface area contributed by atoms with Crippen LogP contribution in [0.15, 0.2) is 72.8 Å². The summed E-state index contributed by atoms with van der Waals surface area (Å²) in [5.41, 5.74) is 2.82. The minimum absolute atomic E-state index is 0.0106. The Balaban J connectivity index is 1.92. The Morgan fingerprint density at radius 1 is 0.974 bits per heavy atom. The van der Waals surface area contributed by atoms with Crippen LogP contribution >= 0.6 is 23.2 Å². The monoisotopic (exact) mass is 568 g/mol. The maximum atomic E-state index is 13.8. The molecule has 0 saturated carbocycles. The van der Waals surface area contributed by atoms with Crippen molar-refractivity contribution >= 4 is 35.0 Å². The Kier molecular flexibility index (Phi) is 10.8. The van der Waals surface area contributed by atoms with Gasteiger partial charge in [0.15, 0.2) is 6.61 Å². The molecule has 0 radical (unpaired) electrons. The molecule has 0 bridgehead atoms. The van der Waals surface area contributed by atoms with E-state index in [9.17, 15) is 9.59 Å². The molecule has 0 heterocycles. The Bertz CT molecular complexity index is 1240. The van der Waals surface area contributed by atoms with Gasteiger partial charge in [0, 0.05) is 29.1 Å². The highest BCUT2D eigenvalue weighted by Gasteiger charge is 2.31. The van der Waals surface area contributed by atoms with Crippen molar-refractivity contribution in [1.29, 1.82) is 0 Å². The van der Waals surface area contributed by atoms with E-state index in [1.807, 2.05) is 68.4 Å². The summed E-state index contributed by atoms with van der Waals surface area (Å²) in [6.07, 6.45) is 1.12. The van der Waals surface area contributed by atoms with E-state index in [4.69, 9.17) is 27.9 Å². The second kappa shape index (κ2) is 13.9. The molecule has 1 N–H and O–H groups in total. The molecule has 2 atom stereocenters. The maximum Gasteiger partial charge on any atom is 0.261 e. The molecule has 3 aromatic carbocycles. The van der Waals surface area contributed by atoms with E-state index in [0.29, 0.717) is 27.8 Å². The molecule has 5 nitrogen and oxygen atoms in total. The van der Waals surface area contributed by atoms with Crippen molar-refractivity contribution in [1.82, 2.24) is 10.2 Å². The summed E-state index contributed by atoms with van der Waals surface area (Å²) in [4.78, 5) is 28.9. The van der Waals surface area contributed by atoms with Crippen molar-refractivity contribution in [3.05, 3.63) is 99.5 Å². The average molecular weight is 570 g/mol. The van der Waals surface area contributed by atoms with Crippen molar-refractivity contribution in [3.63, 3.8) is 0 Å². The van der Waals surface area contributed by atoms with Gasteiger partial charge >= 0.3 is 0 Å². The maximum absolute atomic E-state index is 13.8. The van der Waals surface area contributed by atoms with Crippen LogP contribution < -0.4 is 10.1 Å². The first-order valence-electron chi connectivity index (χ1n) is 13.3. The zero-order valence-corrected chi connectivity index (χ0v) is 24.9. The van der Waals surface area contributed by atoms with Gasteiger partial charge in [0.25, 0.3) is 5.91 Å². The molecule has 2 amide bonds. The molecule has 3 aromatic rings. The molecular formula is C32H38Cl2N2O3. The van der Waals surface area contributed by atoms with Crippen molar-refractivity contribution in [2.24, 2.45) is 0 Å². The number of carbonyl (C=O) groups excluding carboxylic acids is 2. The Morgan fingerprint density at radius 2 is 1.64 bits per heavy atom. The van der Waals surface area contributed by atoms with E-state index in [2.05, 4.69) is 26.1 Å². The fourth-order valence-corrected chi connectivity index (χ4v) is 4.58. The van der Waals surface area contributed by atoms with Crippen LogP contribution in [0.3, 0.4) is 0 Å². The fourth-order valence-electron chi connectivity index (χ4n) is 4.11. The lowest BCUT2D eigenvalue weighted by atomic mass is 9.87. The van der Waals surface area contributed by atoms with E-state index >= 15 is 0 Å². The van der Waals surface area contributed by atoms with Crippen molar-refractivity contribution < 1.29 is 14.3 Å². The van der Waals surface area contributed by atoms with Gasteiger partial charge in [-0.05, 0) is 59.7 Å². The predicted molar refractivity (Wildman–Crippen MR) is 159 cm³/mol. The Morgan fingerprint density at radius 3 is 2.23 bits per heavy atom. The van der Waals surface area contributed by atoms with E-state index in [1.165, 1.54) is 5.56 Å². The smallest absolute Gasteiger partial charge is 0.261 e. The van der Waals surface area contributed by atoms with Gasteiger partial charge in [-0.2, -0.15) is 0 Å². The first kappa shape index (κ1) is 30.5. The molecule has 7 heteroatoms. The molecule has 0 aliphatic rings. The lowest BCUT2D eigenvalue weighted by Crippen LogP contribution is -2.53. The Hall–Kier alpha value is -3.02. The summed E-state index contributed by atoms with van der Waals surface area (Å²) < 4.78 is 5.91. The Labute approximate surface area is 242 Å². The standard InChI is InChI=1S/C32H38Cl2N2O3/c1-6-22(2)35-31(38)29(18-23-10-8-7-9-11-23)36(20-24-12-15-26(33)19-28(24)34)30(37)21-39-27-16-13-25(14-17-27)32(3,4)5/h7-17,19,22,29H,6,18,20-21H2,1-5H3,(H,35,38)/t22-,29+/m1/s1. The number of hydrogen-bond acceptors (Lipinski definition) is 3. The van der Waals surface area contributed by atoms with Crippen LogP contribution in [0.2, 0.25) is 10.0 Å². The number of carbonyl (C=O) groups is 2. The lowest BCUT2D eigenvalue weighted by molar-refractivity contribution is -0.143. The normalized spacial score (nSPS) is 12.9. The first-order valence-corrected chi connectivity index (χ1v) is 14.0. The summed E-state index contributed by atoms with van der Waals surface area (Å²) in [6, 6.07) is 21.8. The van der Waals surface area contributed by atoms with Gasteiger partial charge in [0.1, 0.15) is 11.8 Å². The molecule has 0 aromatic heterocycles. The number of halogens is 2. The second-order valence-electron chi connectivity index (χ2n) is 10.8. The molecular weight excluding hydrogens is 531 g/mol. The van der Waals surface area contributed by atoms with Crippen LogP contribution in [0.5, 0.6) is 5.75 Å². The third-order valence-electron chi connectivity index (χ3n) is 6.71. The fraction of sp³-hybridized carbons (Fsp3) is 0.375. The minimum Gasteiger partial charge on any atom is -0.484 e. The molecule has 0 fully saturated rings. The summed E-state index contributed by atoms with van der Waals surface area (Å²) in [6.45, 7) is 10.3. The number of amides is 2. The van der Waals surface area contributed by atoms with Gasteiger partial charge in [0.2, 0.25) is 5.91 Å². The third-order valence-corrected chi connectivity index (χ3v) is 7.30. The first-order chi connectivity index (χ1) is 18.5. The van der Waals surface area contributed by atoms with Gasteiger partial charge in [-0.25, -0.2) is 0 Å². The van der Waals surface area contributed by atoms with Crippen LogP contribution in [0, 0.1) is 0 Å². The number of nitrogens with zero attached hydrogens (tertiary/aromatic N) is 1. The van der Waals surface area contributed by atoms with E-state index in [-0.39, 0.29) is 36.4 Å². The van der Waals surface area contributed by atoms with Crippen LogP contribution in [-0.4, -0.2) is 35.4 Å². The summed E-state index contributed by atoms with van der Waals surface area (Å²) in [5, 5.41) is 3.99. The summed E-state index contributed by atoms with van der Waals surface area (Å²) in [5.74, 6) is 0.0480. The van der Waals surface area contributed by atoms with Crippen LogP contribution in [0.1, 0.15) is 57.7 Å². The molecule has 0 unspecified atom stereocenters. The van der Waals surface area contributed by atoms with E-state index < -0.39 is 6.04 Å². The average Bonchev–Trinajstić information content (AvgIpc) is 2.90. The van der Waals surface area contributed by atoms with E-state index in [1.54, 1.807) is 23.1 Å². The SMILES string of the molecule is CC[C@@H](C)NC(=O)[C@H](Cc1ccccc1)N(Cc1ccc(Cl)cc1Cl)C(=O)COc1ccc(C(C)(C)C)cc1. The number of rotatable bonds is 11. The van der Waals surface area contributed by atoms with Crippen LogP contribution in [0.25, 0.3) is 0 Å². The van der Waals surface area contributed by atoms with Crippen molar-refractivity contribution in [2.45, 2.75) is 71.5 Å². The van der Waals surface area contributed by atoms with Crippen LogP contribution in [0.4, 0.5) is 0 Å². The zero-order chi connectivity index (χ0) is 28.6. The van der Waals surface area contributed by atoms with Gasteiger partial charge in [-0.3, -0.25) is 9.59 Å². The largest absolute Gasteiger partial charge is 0.484 e. The summed E-state index contributed by atoms with van der Waals surface area (Å²) >= 11 is 12.6. The van der Waals surface area contributed by atoms with Gasteiger partial charge in [0.05, 0.1) is 0 Å². The molecule has 3 rings (SSSR count). The second-order valence-corrected chi connectivity index (χ2v) is 11.7. The topological polar surface area (TPSA) is 58.6 Å². The van der Waals surface area contributed by atoms with Crippen LogP contribution in [-0.2, 0) is 28.0 Å². The highest BCUT2D eigenvalue weighted by molar-refractivity contribution is 6.35. The minimum atomic E-state index is -0.771. The number of benzene rings is 3. The zero-order valence-electron chi connectivity index (χ0n) is 23.3. The molecule has 208 valence electrons.